The van der Waals surface area contributed by atoms with Crippen molar-refractivity contribution in [3.05, 3.63) is 70.8 Å². The number of carbonyl (C=O) groups is 2. The highest BCUT2D eigenvalue weighted by Gasteiger charge is 2.11. The number of methoxy groups -OCH3 is 1. The number of amides is 1. The molecule has 1 amide bonds. The summed E-state index contributed by atoms with van der Waals surface area (Å²) in [6.07, 6.45) is 2.90. The molecule has 0 saturated heterocycles. The van der Waals surface area contributed by atoms with Gasteiger partial charge in [-0.15, -0.1) is 0 Å². The summed E-state index contributed by atoms with van der Waals surface area (Å²) in [7, 11) is 1.58. The van der Waals surface area contributed by atoms with E-state index in [0.717, 1.165) is 11.1 Å². The number of carbonyl (C=O) groups excluding carboxylic acids is 2. The Labute approximate surface area is 160 Å². The molecule has 0 aliphatic carbocycles. The number of aryl methyl sites for hydroxylation is 2. The van der Waals surface area contributed by atoms with Crippen molar-refractivity contribution in [3.63, 3.8) is 0 Å². The van der Waals surface area contributed by atoms with Crippen LogP contribution >= 0.6 is 0 Å². The highest BCUT2D eigenvalue weighted by atomic mass is 16.5. The van der Waals surface area contributed by atoms with Gasteiger partial charge in [-0.2, -0.15) is 0 Å². The smallest absolute Gasteiger partial charge is 0.331 e. The predicted molar refractivity (Wildman–Crippen MR) is 105 cm³/mol. The second kappa shape index (κ2) is 9.57. The number of benzene rings is 2. The standard InChI is InChI=1S/C22H25NO4/c1-15-8-10-19(12-16(15)2)17(3)23-21(24)14-27-22(25)11-9-18-6-5-7-20(13-18)26-4/h5-13,17H,14H2,1-4H3,(H,23,24)/b11-9+/t17-/m1/s1. The fraction of sp³-hybridized carbons (Fsp3) is 0.273. The molecule has 2 aromatic carbocycles. The van der Waals surface area contributed by atoms with E-state index in [4.69, 9.17) is 9.47 Å². The third-order valence-electron chi connectivity index (χ3n) is 4.26. The molecular formula is C22H25NO4. The molecule has 27 heavy (non-hydrogen) atoms. The Morgan fingerprint density at radius 3 is 2.59 bits per heavy atom. The zero-order valence-electron chi connectivity index (χ0n) is 16.1. The van der Waals surface area contributed by atoms with Crippen LogP contribution in [0, 0.1) is 13.8 Å². The van der Waals surface area contributed by atoms with Crippen LogP contribution in [0.4, 0.5) is 0 Å². The number of nitrogens with one attached hydrogen (secondary N) is 1. The molecule has 0 heterocycles. The van der Waals surface area contributed by atoms with Crippen LogP contribution in [0.1, 0.15) is 35.2 Å². The van der Waals surface area contributed by atoms with Gasteiger partial charge in [0.25, 0.3) is 5.91 Å². The van der Waals surface area contributed by atoms with E-state index in [1.807, 2.05) is 57.2 Å². The summed E-state index contributed by atoms with van der Waals surface area (Å²) in [6, 6.07) is 13.2. The van der Waals surface area contributed by atoms with Gasteiger partial charge in [0, 0.05) is 6.08 Å². The maximum Gasteiger partial charge on any atom is 0.331 e. The molecule has 0 saturated carbocycles. The normalized spacial score (nSPS) is 11.9. The first-order chi connectivity index (χ1) is 12.9. The maximum absolute atomic E-state index is 12.0. The lowest BCUT2D eigenvalue weighted by Gasteiger charge is -2.15. The summed E-state index contributed by atoms with van der Waals surface area (Å²) >= 11 is 0. The van der Waals surface area contributed by atoms with Crippen molar-refractivity contribution in [3.8, 4) is 5.75 Å². The highest BCUT2D eigenvalue weighted by molar-refractivity contribution is 5.89. The van der Waals surface area contributed by atoms with Crippen LogP contribution in [0.2, 0.25) is 0 Å². The lowest BCUT2D eigenvalue weighted by molar-refractivity contribution is -0.144. The lowest BCUT2D eigenvalue weighted by Crippen LogP contribution is -2.31. The van der Waals surface area contributed by atoms with Crippen LogP contribution in [-0.2, 0) is 14.3 Å². The molecule has 0 aliphatic rings. The second-order valence-electron chi connectivity index (χ2n) is 6.35. The van der Waals surface area contributed by atoms with E-state index in [-0.39, 0.29) is 18.6 Å². The van der Waals surface area contributed by atoms with Gasteiger partial charge in [0.05, 0.1) is 13.2 Å². The third kappa shape index (κ3) is 6.29. The Balaban J connectivity index is 1.82. The molecule has 0 bridgehead atoms. The second-order valence-corrected chi connectivity index (χ2v) is 6.35. The maximum atomic E-state index is 12.0. The topological polar surface area (TPSA) is 64.6 Å². The molecule has 5 heteroatoms. The van der Waals surface area contributed by atoms with Gasteiger partial charge in [-0.3, -0.25) is 4.79 Å². The summed E-state index contributed by atoms with van der Waals surface area (Å²) in [5.74, 6) is -0.221. The monoisotopic (exact) mass is 367 g/mol. The first-order valence-corrected chi connectivity index (χ1v) is 8.74. The highest BCUT2D eigenvalue weighted by Crippen LogP contribution is 2.16. The van der Waals surface area contributed by atoms with Gasteiger partial charge in [-0.05, 0) is 61.2 Å². The summed E-state index contributed by atoms with van der Waals surface area (Å²) < 4.78 is 10.1. The minimum Gasteiger partial charge on any atom is -0.497 e. The van der Waals surface area contributed by atoms with E-state index >= 15 is 0 Å². The molecule has 0 aliphatic heterocycles. The number of rotatable bonds is 7. The first kappa shape index (κ1) is 20.2. The van der Waals surface area contributed by atoms with Gasteiger partial charge in [0.15, 0.2) is 6.61 Å². The minimum atomic E-state index is -0.577. The Hall–Kier alpha value is -3.08. The fourth-order valence-electron chi connectivity index (χ4n) is 2.49. The molecular weight excluding hydrogens is 342 g/mol. The van der Waals surface area contributed by atoms with Gasteiger partial charge in [0.1, 0.15) is 5.75 Å². The van der Waals surface area contributed by atoms with Crippen molar-refractivity contribution in [1.82, 2.24) is 5.32 Å². The summed E-state index contributed by atoms with van der Waals surface area (Å²) in [5.41, 5.74) is 4.19. The fourth-order valence-corrected chi connectivity index (χ4v) is 2.49. The molecule has 0 spiro atoms. The van der Waals surface area contributed by atoms with Crippen molar-refractivity contribution in [2.24, 2.45) is 0 Å². The number of esters is 1. The largest absolute Gasteiger partial charge is 0.497 e. The van der Waals surface area contributed by atoms with Crippen LogP contribution in [-0.4, -0.2) is 25.6 Å². The van der Waals surface area contributed by atoms with Gasteiger partial charge < -0.3 is 14.8 Å². The van der Waals surface area contributed by atoms with Crippen LogP contribution in [0.5, 0.6) is 5.75 Å². The quantitative estimate of drug-likeness (QED) is 0.598. The Bertz CT molecular complexity index is 842. The van der Waals surface area contributed by atoms with Crippen LogP contribution in [0.15, 0.2) is 48.5 Å². The molecule has 1 N–H and O–H groups in total. The predicted octanol–water partition coefficient (Wildman–Crippen LogP) is 3.75. The lowest BCUT2D eigenvalue weighted by atomic mass is 10.0. The van der Waals surface area contributed by atoms with Gasteiger partial charge >= 0.3 is 5.97 Å². The van der Waals surface area contributed by atoms with Crippen LogP contribution < -0.4 is 10.1 Å². The average Bonchev–Trinajstić information content (AvgIpc) is 2.67. The SMILES string of the molecule is COc1cccc(/C=C/C(=O)OCC(=O)N[C@H](C)c2ccc(C)c(C)c2)c1. The Kier molecular flexibility index (Phi) is 7.17. The number of hydrogen-bond acceptors (Lipinski definition) is 4. The Morgan fingerprint density at radius 2 is 1.89 bits per heavy atom. The van der Waals surface area contributed by atoms with E-state index in [1.54, 1.807) is 19.3 Å². The molecule has 0 fully saturated rings. The van der Waals surface area contributed by atoms with Gasteiger partial charge in [-0.1, -0.05) is 30.3 Å². The van der Waals surface area contributed by atoms with E-state index in [2.05, 4.69) is 5.32 Å². The first-order valence-electron chi connectivity index (χ1n) is 8.74. The van der Waals surface area contributed by atoms with Crippen molar-refractivity contribution >= 4 is 18.0 Å². The Morgan fingerprint density at radius 1 is 1.11 bits per heavy atom. The number of ether oxygens (including phenoxy) is 2. The van der Waals surface area contributed by atoms with Crippen molar-refractivity contribution < 1.29 is 19.1 Å². The molecule has 0 radical (unpaired) electrons. The molecule has 5 nitrogen and oxygen atoms in total. The van der Waals surface area contributed by atoms with E-state index in [1.165, 1.54) is 17.2 Å². The molecule has 142 valence electrons. The average molecular weight is 367 g/mol. The molecule has 2 rings (SSSR count). The van der Waals surface area contributed by atoms with E-state index in [9.17, 15) is 9.59 Å². The van der Waals surface area contributed by atoms with Gasteiger partial charge in [-0.25, -0.2) is 4.79 Å². The number of hydrogen-bond donors (Lipinski definition) is 1. The van der Waals surface area contributed by atoms with Crippen molar-refractivity contribution in [2.75, 3.05) is 13.7 Å². The van der Waals surface area contributed by atoms with E-state index in [0.29, 0.717) is 5.75 Å². The molecule has 0 aromatic heterocycles. The van der Waals surface area contributed by atoms with Crippen LogP contribution in [0.3, 0.4) is 0 Å². The molecule has 1 atom stereocenters. The van der Waals surface area contributed by atoms with Gasteiger partial charge in [0.2, 0.25) is 0 Å². The zero-order valence-corrected chi connectivity index (χ0v) is 16.1. The summed E-state index contributed by atoms with van der Waals surface area (Å²) in [6.45, 7) is 5.65. The van der Waals surface area contributed by atoms with E-state index < -0.39 is 5.97 Å². The molecule has 0 unspecified atom stereocenters. The summed E-state index contributed by atoms with van der Waals surface area (Å²) in [4.78, 5) is 23.8. The van der Waals surface area contributed by atoms with Crippen LogP contribution in [0.25, 0.3) is 6.08 Å². The third-order valence-corrected chi connectivity index (χ3v) is 4.26. The molecule has 2 aromatic rings. The minimum absolute atomic E-state index is 0.164. The van der Waals surface area contributed by atoms with Crippen molar-refractivity contribution in [1.29, 1.82) is 0 Å². The van der Waals surface area contributed by atoms with Crippen molar-refractivity contribution in [2.45, 2.75) is 26.8 Å². The zero-order chi connectivity index (χ0) is 19.8. The summed E-state index contributed by atoms with van der Waals surface area (Å²) in [5, 5.41) is 2.83.